The van der Waals surface area contributed by atoms with Gasteiger partial charge in [0.25, 0.3) is 0 Å². The van der Waals surface area contributed by atoms with E-state index in [1.165, 1.54) is 22.3 Å². The van der Waals surface area contributed by atoms with E-state index >= 15 is 0 Å². The zero-order chi connectivity index (χ0) is 21.4. The summed E-state index contributed by atoms with van der Waals surface area (Å²) in [5, 5.41) is 27.4. The van der Waals surface area contributed by atoms with Crippen LogP contribution in [0.2, 0.25) is 0 Å². The van der Waals surface area contributed by atoms with Crippen molar-refractivity contribution >= 4 is 11.6 Å². The van der Waals surface area contributed by atoms with Crippen LogP contribution in [0.4, 0.5) is 5.69 Å². The number of benzene rings is 2. The summed E-state index contributed by atoms with van der Waals surface area (Å²) in [5.41, 5.74) is 7.82. The van der Waals surface area contributed by atoms with Crippen LogP contribution in [-0.4, -0.2) is 28.7 Å². The summed E-state index contributed by atoms with van der Waals surface area (Å²) < 4.78 is 0. The molecule has 2 aromatic carbocycles. The van der Waals surface area contributed by atoms with Gasteiger partial charge in [0.15, 0.2) is 0 Å². The Bertz CT molecular complexity index is 936. The highest BCUT2D eigenvalue weighted by Gasteiger charge is 2.30. The number of phenolic OH excluding ortho intramolecular Hbond substituents is 1. The van der Waals surface area contributed by atoms with Crippen molar-refractivity contribution in [3.05, 3.63) is 57.6 Å². The smallest absolute Gasteiger partial charge is 0.225 e. The molecular weight excluding hydrogens is 376 g/mol. The summed E-state index contributed by atoms with van der Waals surface area (Å²) in [6.45, 7) is 6.83. The minimum atomic E-state index is -0.696. The van der Waals surface area contributed by atoms with Crippen LogP contribution in [0.5, 0.6) is 5.75 Å². The van der Waals surface area contributed by atoms with Crippen molar-refractivity contribution in [3.63, 3.8) is 0 Å². The standard InChI is InChI=1S/C25H32N2O3/c1-4-15-9-17-11-19(12-18(17)10-16(15)5-2)26-13-22(29)20-6-7-21(28)25-24(20)14(3)8-23(30)27-25/h6-7,9-10,14,19,22,26,28-29H,4-5,8,11-13H2,1-3H3,(H,27,30)/t14?,22-/m0/s1. The first kappa shape index (κ1) is 20.9. The topological polar surface area (TPSA) is 81.6 Å². The lowest BCUT2D eigenvalue weighted by molar-refractivity contribution is -0.116. The number of hydrogen-bond acceptors (Lipinski definition) is 4. The van der Waals surface area contributed by atoms with Gasteiger partial charge in [-0.25, -0.2) is 0 Å². The molecule has 1 aliphatic heterocycles. The molecule has 1 aliphatic carbocycles. The van der Waals surface area contributed by atoms with Crippen molar-refractivity contribution in [1.29, 1.82) is 0 Å². The Hall–Kier alpha value is -2.37. The summed E-state index contributed by atoms with van der Waals surface area (Å²) >= 11 is 0. The van der Waals surface area contributed by atoms with E-state index in [1.807, 2.05) is 6.92 Å². The van der Waals surface area contributed by atoms with Crippen molar-refractivity contribution in [3.8, 4) is 5.75 Å². The molecule has 30 heavy (non-hydrogen) atoms. The van der Waals surface area contributed by atoms with E-state index in [1.54, 1.807) is 12.1 Å². The highest BCUT2D eigenvalue weighted by atomic mass is 16.3. The Morgan fingerprint density at radius 2 is 1.73 bits per heavy atom. The Balaban J connectivity index is 1.47. The van der Waals surface area contributed by atoms with Crippen LogP contribution in [0.15, 0.2) is 24.3 Å². The molecule has 0 radical (unpaired) electrons. The van der Waals surface area contributed by atoms with E-state index in [2.05, 4.69) is 36.6 Å². The number of rotatable bonds is 6. The molecule has 2 aromatic rings. The van der Waals surface area contributed by atoms with E-state index in [9.17, 15) is 15.0 Å². The molecule has 0 bridgehead atoms. The molecule has 1 unspecified atom stereocenters. The first-order valence-electron chi connectivity index (χ1n) is 11.1. The first-order chi connectivity index (χ1) is 14.4. The zero-order valence-electron chi connectivity index (χ0n) is 18.1. The van der Waals surface area contributed by atoms with Gasteiger partial charge < -0.3 is 20.8 Å². The van der Waals surface area contributed by atoms with Gasteiger partial charge in [-0.15, -0.1) is 0 Å². The highest BCUT2D eigenvalue weighted by Crippen LogP contribution is 2.42. The van der Waals surface area contributed by atoms with Gasteiger partial charge in [0, 0.05) is 19.0 Å². The predicted molar refractivity (Wildman–Crippen MR) is 119 cm³/mol. The minimum absolute atomic E-state index is 0.0406. The van der Waals surface area contributed by atoms with Crippen molar-refractivity contribution in [2.45, 2.75) is 70.9 Å². The molecule has 4 rings (SSSR count). The van der Waals surface area contributed by atoms with E-state index in [0.29, 0.717) is 24.7 Å². The van der Waals surface area contributed by atoms with Gasteiger partial charge in [0.2, 0.25) is 5.91 Å². The number of hydrogen-bond donors (Lipinski definition) is 4. The number of amides is 1. The van der Waals surface area contributed by atoms with Crippen LogP contribution in [0.1, 0.15) is 72.6 Å². The number of phenols is 1. The van der Waals surface area contributed by atoms with Crippen LogP contribution < -0.4 is 10.6 Å². The van der Waals surface area contributed by atoms with Crippen LogP contribution >= 0.6 is 0 Å². The normalized spacial score (nSPS) is 19.3. The fourth-order valence-corrected chi connectivity index (χ4v) is 5.11. The Morgan fingerprint density at radius 1 is 1.10 bits per heavy atom. The third-order valence-corrected chi connectivity index (χ3v) is 6.68. The Labute approximate surface area is 178 Å². The number of carbonyl (C=O) groups is 1. The largest absolute Gasteiger partial charge is 0.506 e. The van der Waals surface area contributed by atoms with Gasteiger partial charge in [-0.3, -0.25) is 4.79 Å². The number of carbonyl (C=O) groups excluding carboxylic acids is 1. The fourth-order valence-electron chi connectivity index (χ4n) is 5.11. The van der Waals surface area contributed by atoms with Crippen molar-refractivity contribution in [1.82, 2.24) is 5.32 Å². The van der Waals surface area contributed by atoms with E-state index in [0.717, 1.165) is 36.8 Å². The molecule has 1 heterocycles. The Kier molecular flexibility index (Phi) is 5.85. The molecule has 2 atom stereocenters. The van der Waals surface area contributed by atoms with Gasteiger partial charge in [-0.05, 0) is 71.0 Å². The summed E-state index contributed by atoms with van der Waals surface area (Å²) in [5.74, 6) is -0.0867. The summed E-state index contributed by atoms with van der Waals surface area (Å²) in [7, 11) is 0. The summed E-state index contributed by atoms with van der Waals surface area (Å²) in [4.78, 5) is 11.9. The van der Waals surface area contributed by atoms with E-state index in [4.69, 9.17) is 0 Å². The van der Waals surface area contributed by atoms with Gasteiger partial charge in [0.05, 0.1) is 11.8 Å². The second-order valence-corrected chi connectivity index (χ2v) is 8.74. The van der Waals surface area contributed by atoms with E-state index < -0.39 is 6.10 Å². The quantitative estimate of drug-likeness (QED) is 0.549. The zero-order valence-corrected chi connectivity index (χ0v) is 18.1. The molecule has 0 saturated carbocycles. The molecule has 0 spiro atoms. The number of nitrogens with one attached hydrogen (secondary N) is 2. The van der Waals surface area contributed by atoms with Crippen LogP contribution in [0.3, 0.4) is 0 Å². The molecular formula is C25H32N2O3. The molecule has 5 nitrogen and oxygen atoms in total. The number of aryl methyl sites for hydroxylation is 2. The SMILES string of the molecule is CCc1cc2c(cc1CC)CC(NC[C@H](O)c1ccc(O)c3c1C(C)CC(=O)N3)C2. The lowest BCUT2D eigenvalue weighted by atomic mass is 9.86. The van der Waals surface area contributed by atoms with Gasteiger partial charge in [-0.1, -0.05) is 39.0 Å². The first-order valence-corrected chi connectivity index (χ1v) is 11.1. The number of fused-ring (bicyclic) bond motifs is 2. The van der Waals surface area contributed by atoms with Crippen LogP contribution in [0, 0.1) is 0 Å². The van der Waals surface area contributed by atoms with Gasteiger partial charge in [-0.2, -0.15) is 0 Å². The fraction of sp³-hybridized carbons (Fsp3) is 0.480. The van der Waals surface area contributed by atoms with Crippen LogP contribution in [-0.2, 0) is 30.5 Å². The van der Waals surface area contributed by atoms with Gasteiger partial charge in [0.1, 0.15) is 5.75 Å². The predicted octanol–water partition coefficient (Wildman–Crippen LogP) is 3.75. The number of aliphatic hydroxyl groups is 1. The van der Waals surface area contributed by atoms with Crippen molar-refractivity contribution < 1.29 is 15.0 Å². The Morgan fingerprint density at radius 3 is 2.33 bits per heavy atom. The number of aliphatic hydroxyl groups excluding tert-OH is 1. The third kappa shape index (κ3) is 3.84. The molecule has 4 N–H and O–H groups in total. The number of anilines is 1. The van der Waals surface area contributed by atoms with Crippen molar-refractivity contribution in [2.24, 2.45) is 0 Å². The molecule has 5 heteroatoms. The molecule has 0 saturated heterocycles. The van der Waals surface area contributed by atoms with Gasteiger partial charge >= 0.3 is 0 Å². The summed E-state index contributed by atoms with van der Waals surface area (Å²) in [6, 6.07) is 8.38. The molecule has 160 valence electrons. The minimum Gasteiger partial charge on any atom is -0.506 e. The van der Waals surface area contributed by atoms with E-state index in [-0.39, 0.29) is 17.6 Å². The van der Waals surface area contributed by atoms with Crippen molar-refractivity contribution in [2.75, 3.05) is 11.9 Å². The average Bonchev–Trinajstić information content (AvgIpc) is 3.13. The monoisotopic (exact) mass is 408 g/mol. The highest BCUT2D eigenvalue weighted by molar-refractivity contribution is 5.96. The molecule has 2 aliphatic rings. The molecule has 0 aromatic heterocycles. The maximum Gasteiger partial charge on any atom is 0.225 e. The third-order valence-electron chi connectivity index (χ3n) is 6.68. The number of aromatic hydroxyl groups is 1. The lowest BCUT2D eigenvalue weighted by Gasteiger charge is -2.28. The van der Waals surface area contributed by atoms with Crippen LogP contribution in [0.25, 0.3) is 0 Å². The lowest BCUT2D eigenvalue weighted by Crippen LogP contribution is -2.34. The molecule has 1 amide bonds. The second kappa shape index (κ2) is 8.40. The molecule has 0 fully saturated rings. The summed E-state index contributed by atoms with van der Waals surface area (Å²) in [6.07, 6.45) is 3.76. The second-order valence-electron chi connectivity index (χ2n) is 8.74. The average molecular weight is 409 g/mol. The maximum atomic E-state index is 11.9. The maximum absolute atomic E-state index is 11.9.